The zero-order chi connectivity index (χ0) is 22.5. The molecular weight excluding hydrogens is 412 g/mol. The number of aryl methyl sites for hydroxylation is 1. The van der Waals surface area contributed by atoms with Crippen LogP contribution in [0, 0.1) is 0 Å². The Kier molecular flexibility index (Phi) is 7.38. The standard InChI is InChI=1S/C24H32N2O4S/c1-4-20-10-12-22(13-11-20)26(31(3,28)29)19(2)23(27)25-18-24(14-16-30-17-15-24)21-8-6-5-7-9-21/h5-13,19H,4,14-18H2,1-3H3,(H,25,27). The van der Waals surface area contributed by atoms with Gasteiger partial charge in [-0.05, 0) is 49.4 Å². The maximum atomic E-state index is 13.1. The monoisotopic (exact) mass is 444 g/mol. The molecular formula is C24H32N2O4S. The quantitative estimate of drug-likeness (QED) is 0.678. The Labute approximate surface area is 185 Å². The van der Waals surface area contributed by atoms with E-state index in [1.165, 1.54) is 9.87 Å². The highest BCUT2D eigenvalue weighted by molar-refractivity contribution is 7.92. The van der Waals surface area contributed by atoms with Crippen LogP contribution in [0.2, 0.25) is 0 Å². The molecule has 0 aliphatic carbocycles. The fourth-order valence-corrected chi connectivity index (χ4v) is 5.39. The summed E-state index contributed by atoms with van der Waals surface area (Å²) < 4.78 is 31.9. The number of benzene rings is 2. The molecule has 7 heteroatoms. The number of ether oxygens (including phenoxy) is 1. The van der Waals surface area contributed by atoms with E-state index in [0.29, 0.717) is 25.4 Å². The van der Waals surface area contributed by atoms with Gasteiger partial charge in [-0.1, -0.05) is 49.4 Å². The Hall–Kier alpha value is -2.38. The molecule has 6 nitrogen and oxygen atoms in total. The van der Waals surface area contributed by atoms with E-state index in [9.17, 15) is 13.2 Å². The minimum Gasteiger partial charge on any atom is -0.381 e. The fraction of sp³-hybridized carbons (Fsp3) is 0.458. The van der Waals surface area contributed by atoms with Crippen molar-refractivity contribution >= 4 is 21.6 Å². The van der Waals surface area contributed by atoms with Gasteiger partial charge in [0, 0.05) is 25.2 Å². The van der Waals surface area contributed by atoms with Crippen LogP contribution in [0.3, 0.4) is 0 Å². The van der Waals surface area contributed by atoms with E-state index >= 15 is 0 Å². The highest BCUT2D eigenvalue weighted by Crippen LogP contribution is 2.34. The molecule has 0 radical (unpaired) electrons. The molecule has 1 heterocycles. The molecule has 1 unspecified atom stereocenters. The summed E-state index contributed by atoms with van der Waals surface area (Å²) in [5, 5.41) is 3.04. The summed E-state index contributed by atoms with van der Waals surface area (Å²) in [6.45, 7) is 5.39. The number of nitrogens with zero attached hydrogens (tertiary/aromatic N) is 1. The van der Waals surface area contributed by atoms with Crippen molar-refractivity contribution < 1.29 is 17.9 Å². The lowest BCUT2D eigenvalue weighted by atomic mass is 9.74. The van der Waals surface area contributed by atoms with Gasteiger partial charge in [0.1, 0.15) is 6.04 Å². The summed E-state index contributed by atoms with van der Waals surface area (Å²) in [7, 11) is -3.64. The van der Waals surface area contributed by atoms with Crippen molar-refractivity contribution in [3.05, 3.63) is 65.7 Å². The van der Waals surface area contributed by atoms with Crippen molar-refractivity contribution in [3.63, 3.8) is 0 Å². The summed E-state index contributed by atoms with van der Waals surface area (Å²) in [6.07, 6.45) is 3.61. The summed E-state index contributed by atoms with van der Waals surface area (Å²) in [5.74, 6) is -0.313. The van der Waals surface area contributed by atoms with Crippen molar-refractivity contribution in [2.45, 2.75) is 44.6 Å². The van der Waals surface area contributed by atoms with Gasteiger partial charge in [0.05, 0.1) is 11.9 Å². The van der Waals surface area contributed by atoms with Crippen LogP contribution in [-0.2, 0) is 31.4 Å². The number of carbonyl (C=O) groups excluding carboxylic acids is 1. The van der Waals surface area contributed by atoms with Gasteiger partial charge >= 0.3 is 0 Å². The van der Waals surface area contributed by atoms with Gasteiger partial charge in [-0.2, -0.15) is 0 Å². The summed E-state index contributed by atoms with van der Waals surface area (Å²) >= 11 is 0. The second kappa shape index (κ2) is 9.83. The molecule has 1 saturated heterocycles. The van der Waals surface area contributed by atoms with Crippen molar-refractivity contribution in [2.75, 3.05) is 30.3 Å². The number of anilines is 1. The van der Waals surface area contributed by atoms with Gasteiger partial charge < -0.3 is 10.1 Å². The number of sulfonamides is 1. The van der Waals surface area contributed by atoms with Crippen molar-refractivity contribution in [2.24, 2.45) is 0 Å². The molecule has 3 rings (SSSR count). The molecule has 1 aliphatic rings. The first-order valence-corrected chi connectivity index (χ1v) is 12.6. The maximum Gasteiger partial charge on any atom is 0.243 e. The van der Waals surface area contributed by atoms with Crippen LogP contribution >= 0.6 is 0 Å². The predicted molar refractivity (Wildman–Crippen MR) is 124 cm³/mol. The molecule has 2 aromatic rings. The average molecular weight is 445 g/mol. The number of hydrogen-bond donors (Lipinski definition) is 1. The summed E-state index contributed by atoms with van der Waals surface area (Å²) in [5.41, 5.74) is 2.55. The highest BCUT2D eigenvalue weighted by atomic mass is 32.2. The van der Waals surface area contributed by atoms with Crippen LogP contribution in [0.4, 0.5) is 5.69 Å². The SMILES string of the molecule is CCc1ccc(N(C(C)C(=O)NCC2(c3ccccc3)CCOCC2)S(C)(=O)=O)cc1. The fourth-order valence-electron chi connectivity index (χ4n) is 4.21. The number of rotatable bonds is 8. The maximum absolute atomic E-state index is 13.1. The number of amides is 1. The smallest absolute Gasteiger partial charge is 0.243 e. The topological polar surface area (TPSA) is 75.7 Å². The number of nitrogens with one attached hydrogen (secondary N) is 1. The van der Waals surface area contributed by atoms with Gasteiger partial charge in [-0.15, -0.1) is 0 Å². The van der Waals surface area contributed by atoms with Crippen LogP contribution in [0.1, 0.15) is 37.8 Å². The van der Waals surface area contributed by atoms with Crippen LogP contribution < -0.4 is 9.62 Å². The molecule has 0 bridgehead atoms. The van der Waals surface area contributed by atoms with Gasteiger partial charge in [0.25, 0.3) is 0 Å². The zero-order valence-corrected chi connectivity index (χ0v) is 19.3. The van der Waals surface area contributed by atoms with E-state index in [1.807, 2.05) is 37.3 Å². The van der Waals surface area contributed by atoms with Gasteiger partial charge in [-0.25, -0.2) is 8.42 Å². The first-order valence-electron chi connectivity index (χ1n) is 10.8. The van der Waals surface area contributed by atoms with Crippen LogP contribution in [0.5, 0.6) is 0 Å². The van der Waals surface area contributed by atoms with Gasteiger partial charge in [0.15, 0.2) is 0 Å². The van der Waals surface area contributed by atoms with E-state index in [0.717, 1.165) is 31.1 Å². The van der Waals surface area contributed by atoms with Crippen LogP contribution in [-0.4, -0.2) is 46.4 Å². The second-order valence-electron chi connectivity index (χ2n) is 8.23. The molecule has 1 N–H and O–H groups in total. The minimum absolute atomic E-state index is 0.215. The third-order valence-corrected chi connectivity index (χ3v) is 7.37. The average Bonchev–Trinajstić information content (AvgIpc) is 2.78. The molecule has 1 fully saturated rings. The third-order valence-electron chi connectivity index (χ3n) is 6.12. The largest absolute Gasteiger partial charge is 0.381 e. The lowest BCUT2D eigenvalue weighted by molar-refractivity contribution is -0.122. The first-order chi connectivity index (χ1) is 14.8. The zero-order valence-electron chi connectivity index (χ0n) is 18.5. The molecule has 0 saturated carbocycles. The normalized spacial score (nSPS) is 17.0. The molecule has 0 aromatic heterocycles. The summed E-state index contributed by atoms with van der Waals surface area (Å²) in [6, 6.07) is 16.6. The highest BCUT2D eigenvalue weighted by Gasteiger charge is 2.36. The predicted octanol–water partition coefficient (Wildman–Crippen LogP) is 3.27. The van der Waals surface area contributed by atoms with E-state index in [1.54, 1.807) is 19.1 Å². The first kappa shape index (κ1) is 23.3. The molecule has 168 valence electrons. The van der Waals surface area contributed by atoms with E-state index in [-0.39, 0.29) is 11.3 Å². The molecule has 1 aliphatic heterocycles. The van der Waals surface area contributed by atoms with Crippen molar-refractivity contribution in [1.29, 1.82) is 0 Å². The molecule has 31 heavy (non-hydrogen) atoms. The third kappa shape index (κ3) is 5.46. The molecule has 1 amide bonds. The summed E-state index contributed by atoms with van der Waals surface area (Å²) in [4.78, 5) is 13.1. The molecule has 1 atom stereocenters. The van der Waals surface area contributed by atoms with Gasteiger partial charge in [0.2, 0.25) is 15.9 Å². The molecule has 0 spiro atoms. The van der Waals surface area contributed by atoms with E-state index in [4.69, 9.17) is 4.74 Å². The number of carbonyl (C=O) groups is 1. The van der Waals surface area contributed by atoms with Gasteiger partial charge in [-0.3, -0.25) is 9.10 Å². The molecule has 2 aromatic carbocycles. The Morgan fingerprint density at radius 2 is 1.71 bits per heavy atom. The second-order valence-corrected chi connectivity index (χ2v) is 10.1. The Morgan fingerprint density at radius 3 is 2.26 bits per heavy atom. The van der Waals surface area contributed by atoms with Crippen LogP contribution in [0.15, 0.2) is 54.6 Å². The minimum atomic E-state index is -3.64. The van der Waals surface area contributed by atoms with E-state index < -0.39 is 16.1 Å². The van der Waals surface area contributed by atoms with Crippen molar-refractivity contribution in [3.8, 4) is 0 Å². The lowest BCUT2D eigenvalue weighted by Gasteiger charge is -2.38. The Morgan fingerprint density at radius 1 is 1.10 bits per heavy atom. The van der Waals surface area contributed by atoms with E-state index in [2.05, 4.69) is 17.4 Å². The Balaban J connectivity index is 1.79. The van der Waals surface area contributed by atoms with Crippen molar-refractivity contribution in [1.82, 2.24) is 5.32 Å². The van der Waals surface area contributed by atoms with Crippen LogP contribution in [0.25, 0.3) is 0 Å². The Bertz CT molecular complexity index is 968. The lowest BCUT2D eigenvalue weighted by Crippen LogP contribution is -2.51. The number of hydrogen-bond acceptors (Lipinski definition) is 4.